The minimum atomic E-state index is -3.47. The zero-order valence-corrected chi connectivity index (χ0v) is 20.2. The lowest BCUT2D eigenvalue weighted by Gasteiger charge is -2.27. The largest absolute Gasteiger partial charge is 0.334 e. The Kier molecular flexibility index (Phi) is 6.61. The summed E-state index contributed by atoms with van der Waals surface area (Å²) in [4.78, 5) is 25.5. The van der Waals surface area contributed by atoms with Crippen molar-refractivity contribution >= 4 is 44.8 Å². The summed E-state index contributed by atoms with van der Waals surface area (Å²) in [6, 6.07) is 7.13. The number of sulfone groups is 1. The molecular weight excluding hydrogens is 446 g/mol. The van der Waals surface area contributed by atoms with E-state index < -0.39 is 27.3 Å². The number of benzene rings is 1. The Labute approximate surface area is 192 Å². The van der Waals surface area contributed by atoms with Crippen LogP contribution in [-0.2, 0) is 21.8 Å². The van der Waals surface area contributed by atoms with Crippen LogP contribution in [0.5, 0.6) is 0 Å². The predicted molar refractivity (Wildman–Crippen MR) is 128 cm³/mol. The van der Waals surface area contributed by atoms with Gasteiger partial charge in [-0.25, -0.2) is 18.6 Å². The molecule has 0 unspecified atom stereocenters. The number of amides is 3. The number of rotatable bonds is 5. The van der Waals surface area contributed by atoms with Gasteiger partial charge in [0.25, 0.3) is 5.91 Å². The Hall–Kier alpha value is -2.91. The molecule has 1 aromatic carbocycles. The Bertz CT molecular complexity index is 1220. The third-order valence-corrected chi connectivity index (χ3v) is 8.29. The van der Waals surface area contributed by atoms with Crippen LogP contribution in [0, 0.1) is 0 Å². The highest BCUT2D eigenvalue weighted by molar-refractivity contribution is 7.92. The summed E-state index contributed by atoms with van der Waals surface area (Å²) in [6.45, 7) is 9.57. The molecule has 3 amide bonds. The molecule has 3 rings (SSSR count). The van der Waals surface area contributed by atoms with Gasteiger partial charge in [0.1, 0.15) is 4.21 Å². The summed E-state index contributed by atoms with van der Waals surface area (Å²) < 4.78 is 24.4. The number of allylic oxidation sites excluding steroid dienone is 2. The van der Waals surface area contributed by atoms with E-state index in [0.717, 1.165) is 40.7 Å². The zero-order chi connectivity index (χ0) is 23.7. The number of fused-ring (bicyclic) bond motifs is 1. The summed E-state index contributed by atoms with van der Waals surface area (Å²) in [5, 5.41) is 2.84. The van der Waals surface area contributed by atoms with Crippen molar-refractivity contribution in [2.45, 2.75) is 43.4 Å². The first-order chi connectivity index (χ1) is 14.9. The Balaban J connectivity index is 1.71. The summed E-state index contributed by atoms with van der Waals surface area (Å²) in [5.74, 6) is -0.548. The average Bonchev–Trinajstić information content (AvgIpc) is 3.12. The number of nitrogens with one attached hydrogen (secondary N) is 3. The van der Waals surface area contributed by atoms with Gasteiger partial charge in [-0.2, -0.15) is 0 Å². The van der Waals surface area contributed by atoms with Crippen molar-refractivity contribution in [2.24, 2.45) is 0 Å². The van der Waals surface area contributed by atoms with Gasteiger partial charge in [0, 0.05) is 11.8 Å². The van der Waals surface area contributed by atoms with Crippen LogP contribution in [0.25, 0.3) is 11.6 Å². The van der Waals surface area contributed by atoms with Crippen molar-refractivity contribution in [1.29, 1.82) is 0 Å². The predicted octanol–water partition coefficient (Wildman–Crippen LogP) is 4.02. The molecule has 2 aromatic rings. The molecule has 0 saturated carbocycles. The number of hydrazine groups is 1. The lowest BCUT2D eigenvalue weighted by atomic mass is 9.92. The second-order valence-electron chi connectivity index (χ2n) is 8.34. The van der Waals surface area contributed by atoms with E-state index in [9.17, 15) is 18.0 Å². The molecule has 170 valence electrons. The molecule has 0 bridgehead atoms. The van der Waals surface area contributed by atoms with E-state index in [1.165, 1.54) is 0 Å². The minimum absolute atomic E-state index is 0.163. The van der Waals surface area contributed by atoms with E-state index in [4.69, 9.17) is 0 Å². The summed E-state index contributed by atoms with van der Waals surface area (Å²) in [7, 11) is -3.47. The molecule has 9 heteroatoms. The monoisotopic (exact) mass is 473 g/mol. The van der Waals surface area contributed by atoms with Crippen molar-refractivity contribution in [1.82, 2.24) is 16.2 Å². The van der Waals surface area contributed by atoms with Gasteiger partial charge in [0.2, 0.25) is 0 Å². The fourth-order valence-corrected chi connectivity index (χ4v) is 5.90. The van der Waals surface area contributed by atoms with Crippen LogP contribution in [0.1, 0.15) is 59.1 Å². The normalized spacial score (nSPS) is 13.2. The quantitative estimate of drug-likeness (QED) is 0.571. The highest BCUT2D eigenvalue weighted by atomic mass is 32.2. The van der Waals surface area contributed by atoms with Crippen LogP contribution in [0.15, 0.2) is 41.1 Å². The molecule has 0 fully saturated rings. The summed E-state index contributed by atoms with van der Waals surface area (Å²) in [5.41, 5.74) is 8.09. The maximum atomic E-state index is 12.7. The van der Waals surface area contributed by atoms with Gasteiger partial charge in [-0.1, -0.05) is 42.5 Å². The summed E-state index contributed by atoms with van der Waals surface area (Å²) in [6.07, 6.45) is 6.05. The third-order valence-electron chi connectivity index (χ3n) is 5.20. The van der Waals surface area contributed by atoms with E-state index in [-0.39, 0.29) is 4.21 Å². The van der Waals surface area contributed by atoms with E-state index in [1.54, 1.807) is 6.08 Å². The van der Waals surface area contributed by atoms with Crippen LogP contribution in [-0.4, -0.2) is 26.6 Å². The maximum absolute atomic E-state index is 12.7. The first-order valence-corrected chi connectivity index (χ1v) is 12.8. The SMILES string of the molecule is C=C(C)c1cccc(C(C)(C)NC(=O)NNC(=O)c2sc(S(C)(=O)=O)c3c2CCC=C3)c1. The standard InChI is InChI=1S/C23H27N3O4S2/c1-14(2)15-9-8-10-16(13-15)23(3,4)24-22(28)26-25-20(27)19-17-11-6-7-12-18(17)21(31-19)32(5,29)30/h7-10,12-13H,1,6,11H2,2-5H3,(H,25,27)(H2,24,26,28). The lowest BCUT2D eigenvalue weighted by molar-refractivity contribution is 0.0938. The van der Waals surface area contributed by atoms with Gasteiger partial charge in [0.05, 0.1) is 10.4 Å². The molecule has 1 heterocycles. The van der Waals surface area contributed by atoms with Gasteiger partial charge < -0.3 is 5.32 Å². The number of thiophene rings is 1. The van der Waals surface area contributed by atoms with Crippen LogP contribution in [0.2, 0.25) is 0 Å². The minimum Gasteiger partial charge on any atom is -0.328 e. The molecule has 7 nitrogen and oxygen atoms in total. The summed E-state index contributed by atoms with van der Waals surface area (Å²) >= 11 is 0.925. The molecular formula is C23H27N3O4S2. The fourth-order valence-electron chi connectivity index (χ4n) is 3.49. The first-order valence-electron chi connectivity index (χ1n) is 10.1. The second kappa shape index (κ2) is 8.91. The van der Waals surface area contributed by atoms with E-state index in [2.05, 4.69) is 22.7 Å². The lowest BCUT2D eigenvalue weighted by Crippen LogP contribution is -2.52. The first kappa shape index (κ1) is 23.7. The molecule has 1 aliphatic rings. The Morgan fingerprint density at radius 2 is 1.91 bits per heavy atom. The molecule has 0 saturated heterocycles. The number of carbonyl (C=O) groups is 2. The topological polar surface area (TPSA) is 104 Å². The molecule has 3 N–H and O–H groups in total. The number of urea groups is 1. The maximum Gasteiger partial charge on any atom is 0.334 e. The van der Waals surface area contributed by atoms with Crippen molar-refractivity contribution in [2.75, 3.05) is 6.26 Å². The van der Waals surface area contributed by atoms with Crippen LogP contribution >= 0.6 is 11.3 Å². The third kappa shape index (κ3) is 5.11. The van der Waals surface area contributed by atoms with E-state index >= 15 is 0 Å². The zero-order valence-electron chi connectivity index (χ0n) is 18.5. The smallest absolute Gasteiger partial charge is 0.328 e. The van der Waals surface area contributed by atoms with E-state index in [0.29, 0.717) is 22.4 Å². The molecule has 1 aromatic heterocycles. The number of carbonyl (C=O) groups excluding carboxylic acids is 2. The van der Waals surface area contributed by atoms with Crippen LogP contribution < -0.4 is 16.2 Å². The van der Waals surface area contributed by atoms with Gasteiger partial charge in [0.15, 0.2) is 9.84 Å². The molecule has 0 atom stereocenters. The molecule has 1 aliphatic carbocycles. The average molecular weight is 474 g/mol. The highest BCUT2D eigenvalue weighted by Gasteiger charge is 2.28. The van der Waals surface area contributed by atoms with Crippen molar-refractivity contribution < 1.29 is 18.0 Å². The van der Waals surface area contributed by atoms with Gasteiger partial charge in [-0.3, -0.25) is 10.2 Å². The number of hydrogen-bond acceptors (Lipinski definition) is 5. The van der Waals surface area contributed by atoms with Crippen molar-refractivity contribution in [3.05, 3.63) is 64.1 Å². The van der Waals surface area contributed by atoms with Gasteiger partial charge in [-0.15, -0.1) is 11.3 Å². The Morgan fingerprint density at radius 3 is 2.56 bits per heavy atom. The van der Waals surface area contributed by atoms with Gasteiger partial charge in [-0.05, 0) is 56.4 Å². The molecule has 32 heavy (non-hydrogen) atoms. The highest BCUT2D eigenvalue weighted by Crippen LogP contribution is 2.36. The Morgan fingerprint density at radius 1 is 1.19 bits per heavy atom. The molecule has 0 spiro atoms. The molecule has 0 radical (unpaired) electrons. The number of hydrogen-bond donors (Lipinski definition) is 3. The molecule has 0 aliphatic heterocycles. The van der Waals surface area contributed by atoms with Crippen LogP contribution in [0.4, 0.5) is 4.79 Å². The van der Waals surface area contributed by atoms with Crippen LogP contribution in [0.3, 0.4) is 0 Å². The van der Waals surface area contributed by atoms with Crippen molar-refractivity contribution in [3.63, 3.8) is 0 Å². The van der Waals surface area contributed by atoms with Gasteiger partial charge >= 0.3 is 6.03 Å². The second-order valence-corrected chi connectivity index (χ2v) is 11.6. The van der Waals surface area contributed by atoms with Crippen molar-refractivity contribution in [3.8, 4) is 0 Å². The van der Waals surface area contributed by atoms with E-state index in [1.807, 2.05) is 51.1 Å². The fraction of sp³-hybridized carbons (Fsp3) is 0.304.